The molecule has 2 heterocycles. The number of amides is 1. The minimum Gasteiger partial charge on any atom is -0.353 e. The lowest BCUT2D eigenvalue weighted by atomic mass is 10.1. The Kier molecular flexibility index (Phi) is 5.02. The molecule has 4 nitrogen and oxygen atoms in total. The fourth-order valence-electron chi connectivity index (χ4n) is 3.03. The number of aromatic nitrogens is 1. The van der Waals surface area contributed by atoms with Crippen molar-refractivity contribution >= 4 is 28.1 Å². The van der Waals surface area contributed by atoms with Crippen LogP contribution in [-0.2, 0) is 11.3 Å². The van der Waals surface area contributed by atoms with Gasteiger partial charge in [-0.3, -0.25) is 4.79 Å². The standard InChI is InChI=1S/C19H23N3OS/c1-14-10-15-6-4-5-7-17(15)22(14)12-19(23)20-11-18(21(2)3)16-8-9-24-13-16/h4-10,13,18H,11-12H2,1-3H3,(H,20,23). The summed E-state index contributed by atoms with van der Waals surface area (Å²) >= 11 is 1.68. The van der Waals surface area contributed by atoms with Crippen molar-refractivity contribution in [2.45, 2.75) is 19.5 Å². The number of thiophene rings is 1. The number of nitrogens with one attached hydrogen (secondary N) is 1. The smallest absolute Gasteiger partial charge is 0.240 e. The molecule has 3 aromatic rings. The van der Waals surface area contributed by atoms with Crippen LogP contribution in [0.5, 0.6) is 0 Å². The molecular weight excluding hydrogens is 318 g/mol. The van der Waals surface area contributed by atoms with Gasteiger partial charge in [0.25, 0.3) is 0 Å². The van der Waals surface area contributed by atoms with Crippen molar-refractivity contribution in [3.8, 4) is 0 Å². The van der Waals surface area contributed by atoms with Crippen LogP contribution >= 0.6 is 11.3 Å². The van der Waals surface area contributed by atoms with E-state index >= 15 is 0 Å². The van der Waals surface area contributed by atoms with Gasteiger partial charge in [0.1, 0.15) is 6.54 Å². The molecule has 0 saturated carbocycles. The van der Waals surface area contributed by atoms with Crippen LogP contribution in [0.2, 0.25) is 0 Å². The summed E-state index contributed by atoms with van der Waals surface area (Å²) in [5.41, 5.74) is 3.45. The maximum atomic E-state index is 12.5. The Bertz CT molecular complexity index is 820. The molecule has 24 heavy (non-hydrogen) atoms. The second-order valence-electron chi connectivity index (χ2n) is 6.27. The molecule has 0 radical (unpaired) electrons. The van der Waals surface area contributed by atoms with E-state index in [0.717, 1.165) is 11.2 Å². The molecule has 3 rings (SSSR count). The van der Waals surface area contributed by atoms with Gasteiger partial charge < -0.3 is 14.8 Å². The highest BCUT2D eigenvalue weighted by atomic mass is 32.1. The van der Waals surface area contributed by atoms with Gasteiger partial charge >= 0.3 is 0 Å². The lowest BCUT2D eigenvalue weighted by molar-refractivity contribution is -0.121. The largest absolute Gasteiger partial charge is 0.353 e. The molecular formula is C19H23N3OS. The first-order chi connectivity index (χ1) is 11.6. The number of hydrogen-bond acceptors (Lipinski definition) is 3. The van der Waals surface area contributed by atoms with Crippen LogP contribution < -0.4 is 5.32 Å². The van der Waals surface area contributed by atoms with E-state index in [1.165, 1.54) is 10.9 Å². The summed E-state index contributed by atoms with van der Waals surface area (Å²) in [5.74, 6) is 0.0431. The summed E-state index contributed by atoms with van der Waals surface area (Å²) in [5, 5.41) is 8.47. The van der Waals surface area contributed by atoms with Crippen LogP contribution in [0.3, 0.4) is 0 Å². The summed E-state index contributed by atoms with van der Waals surface area (Å²) in [6.45, 7) is 3.01. The lowest BCUT2D eigenvalue weighted by Crippen LogP contribution is -2.36. The molecule has 0 aliphatic rings. The SMILES string of the molecule is Cc1cc2ccccc2n1CC(=O)NCC(c1ccsc1)N(C)C. The van der Waals surface area contributed by atoms with Gasteiger partial charge in [-0.15, -0.1) is 0 Å². The van der Waals surface area contributed by atoms with Crippen LogP contribution in [0.4, 0.5) is 0 Å². The van der Waals surface area contributed by atoms with Crippen LogP contribution in [0.15, 0.2) is 47.2 Å². The minimum atomic E-state index is 0.0431. The van der Waals surface area contributed by atoms with Crippen molar-refractivity contribution in [1.29, 1.82) is 0 Å². The zero-order valence-electron chi connectivity index (χ0n) is 14.3. The van der Waals surface area contributed by atoms with Gasteiger partial charge in [-0.25, -0.2) is 0 Å². The summed E-state index contributed by atoms with van der Waals surface area (Å²) in [7, 11) is 4.08. The molecule has 0 aliphatic carbocycles. The monoisotopic (exact) mass is 341 g/mol. The zero-order valence-corrected chi connectivity index (χ0v) is 15.1. The first kappa shape index (κ1) is 16.7. The maximum absolute atomic E-state index is 12.5. The minimum absolute atomic E-state index is 0.0431. The Morgan fingerprint density at radius 3 is 2.79 bits per heavy atom. The van der Waals surface area contributed by atoms with Gasteiger partial charge in [0, 0.05) is 17.8 Å². The van der Waals surface area contributed by atoms with Crippen LogP contribution in [0, 0.1) is 6.92 Å². The Balaban J connectivity index is 1.68. The number of aryl methyl sites for hydroxylation is 1. The van der Waals surface area contributed by atoms with Gasteiger partial charge in [0.05, 0.1) is 6.04 Å². The van der Waals surface area contributed by atoms with Gasteiger partial charge in [-0.1, -0.05) is 18.2 Å². The number of carbonyl (C=O) groups excluding carboxylic acids is 1. The summed E-state index contributed by atoms with van der Waals surface area (Å²) in [6, 6.07) is 12.6. The third-order valence-corrected chi connectivity index (χ3v) is 5.06. The summed E-state index contributed by atoms with van der Waals surface area (Å²) in [6.07, 6.45) is 0. The first-order valence-electron chi connectivity index (χ1n) is 8.06. The molecule has 1 atom stereocenters. The molecule has 2 aromatic heterocycles. The van der Waals surface area contributed by atoms with E-state index in [0.29, 0.717) is 13.1 Å². The van der Waals surface area contributed by atoms with E-state index in [-0.39, 0.29) is 11.9 Å². The van der Waals surface area contributed by atoms with E-state index in [1.807, 2.05) is 33.2 Å². The Morgan fingerprint density at radius 1 is 1.29 bits per heavy atom. The third-order valence-electron chi connectivity index (χ3n) is 4.36. The lowest BCUT2D eigenvalue weighted by Gasteiger charge is -2.24. The molecule has 0 bridgehead atoms. The molecule has 1 N–H and O–H groups in total. The fraction of sp³-hybridized carbons (Fsp3) is 0.316. The third kappa shape index (κ3) is 3.52. The second-order valence-corrected chi connectivity index (χ2v) is 7.05. The maximum Gasteiger partial charge on any atom is 0.240 e. The average Bonchev–Trinajstić information content (AvgIpc) is 3.16. The molecule has 1 aromatic carbocycles. The number of carbonyl (C=O) groups is 1. The summed E-state index contributed by atoms with van der Waals surface area (Å²) in [4.78, 5) is 14.6. The molecule has 126 valence electrons. The number of para-hydroxylation sites is 1. The fourth-order valence-corrected chi connectivity index (χ4v) is 3.74. The van der Waals surface area contributed by atoms with Crippen molar-refractivity contribution in [3.63, 3.8) is 0 Å². The quantitative estimate of drug-likeness (QED) is 0.746. The van der Waals surface area contributed by atoms with E-state index in [1.54, 1.807) is 11.3 Å². The first-order valence-corrected chi connectivity index (χ1v) is 9.00. The number of fused-ring (bicyclic) bond motifs is 1. The number of benzene rings is 1. The van der Waals surface area contributed by atoms with Gasteiger partial charge in [0.15, 0.2) is 0 Å². The Hall–Kier alpha value is -2.11. The predicted octanol–water partition coefficient (Wildman–Crippen LogP) is 3.43. The molecule has 0 fully saturated rings. The summed E-state index contributed by atoms with van der Waals surface area (Å²) < 4.78 is 2.07. The van der Waals surface area contributed by atoms with Crippen LogP contribution in [0.25, 0.3) is 10.9 Å². The predicted molar refractivity (Wildman–Crippen MR) is 100 cm³/mol. The molecule has 0 saturated heterocycles. The van der Waals surface area contributed by atoms with Crippen LogP contribution in [0.1, 0.15) is 17.3 Å². The molecule has 1 amide bonds. The Morgan fingerprint density at radius 2 is 2.08 bits per heavy atom. The highest BCUT2D eigenvalue weighted by Crippen LogP contribution is 2.21. The molecule has 5 heteroatoms. The number of hydrogen-bond donors (Lipinski definition) is 1. The van der Waals surface area contributed by atoms with Crippen molar-refractivity contribution in [2.75, 3.05) is 20.6 Å². The normalized spacial score (nSPS) is 12.7. The number of nitrogens with zero attached hydrogens (tertiary/aromatic N) is 2. The van der Waals surface area contributed by atoms with Crippen LogP contribution in [-0.4, -0.2) is 36.0 Å². The van der Waals surface area contributed by atoms with Crippen molar-refractivity contribution in [3.05, 3.63) is 58.4 Å². The van der Waals surface area contributed by atoms with E-state index in [4.69, 9.17) is 0 Å². The van der Waals surface area contributed by atoms with E-state index in [9.17, 15) is 4.79 Å². The molecule has 0 spiro atoms. The van der Waals surface area contributed by atoms with E-state index < -0.39 is 0 Å². The van der Waals surface area contributed by atoms with Crippen molar-refractivity contribution in [1.82, 2.24) is 14.8 Å². The molecule has 0 aliphatic heterocycles. The number of likely N-dealkylation sites (N-methyl/N-ethyl adjacent to an activating group) is 1. The van der Waals surface area contributed by atoms with Gasteiger partial charge in [-0.2, -0.15) is 11.3 Å². The van der Waals surface area contributed by atoms with Gasteiger partial charge in [0.2, 0.25) is 5.91 Å². The zero-order chi connectivity index (χ0) is 17.1. The number of rotatable bonds is 6. The second kappa shape index (κ2) is 7.20. The Labute approximate surface area is 146 Å². The topological polar surface area (TPSA) is 37.3 Å². The van der Waals surface area contributed by atoms with Gasteiger partial charge in [-0.05, 0) is 60.9 Å². The average molecular weight is 341 g/mol. The highest BCUT2D eigenvalue weighted by Gasteiger charge is 2.16. The van der Waals surface area contributed by atoms with Crippen molar-refractivity contribution in [2.24, 2.45) is 0 Å². The van der Waals surface area contributed by atoms with Crippen molar-refractivity contribution < 1.29 is 4.79 Å². The molecule has 1 unspecified atom stereocenters. The van der Waals surface area contributed by atoms with E-state index in [2.05, 4.69) is 49.8 Å². The highest BCUT2D eigenvalue weighted by molar-refractivity contribution is 7.07.